The highest BCUT2D eigenvalue weighted by Crippen LogP contribution is 2.51. The predicted molar refractivity (Wildman–Crippen MR) is 36.6 cm³/mol. The Morgan fingerprint density at radius 2 is 2.00 bits per heavy atom. The zero-order valence-corrected chi connectivity index (χ0v) is 5.92. The Kier molecular flexibility index (Phi) is 1.22. The Labute approximate surface area is 60.2 Å². The predicted octanol–water partition coefficient (Wildman–Crippen LogP) is 1.51. The van der Waals surface area contributed by atoms with Gasteiger partial charge in [-0.05, 0) is 37.5 Å². The molecule has 0 amide bonds. The Balaban J connectivity index is 1.94. The molecule has 2 heteroatoms. The van der Waals surface area contributed by atoms with Crippen LogP contribution < -0.4 is 0 Å². The van der Waals surface area contributed by atoms with Crippen molar-refractivity contribution >= 4 is 5.97 Å². The minimum Gasteiger partial charge on any atom is -0.481 e. The summed E-state index contributed by atoms with van der Waals surface area (Å²) in [6, 6.07) is 0. The average molecular weight is 140 g/mol. The maximum absolute atomic E-state index is 10.5. The lowest BCUT2D eigenvalue weighted by atomic mass is 9.89. The second-order valence-electron chi connectivity index (χ2n) is 3.60. The molecule has 0 aromatic carbocycles. The van der Waals surface area contributed by atoms with Crippen LogP contribution in [0.2, 0.25) is 0 Å². The molecule has 2 nitrogen and oxygen atoms in total. The van der Waals surface area contributed by atoms with Gasteiger partial charge in [-0.25, -0.2) is 0 Å². The van der Waals surface area contributed by atoms with Crippen molar-refractivity contribution in [3.63, 3.8) is 0 Å². The van der Waals surface area contributed by atoms with E-state index in [1.54, 1.807) is 0 Å². The molecule has 2 saturated carbocycles. The molecule has 0 radical (unpaired) electrons. The Bertz CT molecular complexity index is 165. The van der Waals surface area contributed by atoms with Crippen LogP contribution in [0.15, 0.2) is 0 Å². The topological polar surface area (TPSA) is 37.3 Å². The molecule has 0 bridgehead atoms. The molecule has 0 aromatic rings. The second kappa shape index (κ2) is 1.97. The molecule has 2 aliphatic rings. The van der Waals surface area contributed by atoms with Crippen LogP contribution in [0.4, 0.5) is 0 Å². The third-order valence-corrected chi connectivity index (χ3v) is 2.89. The molecular formula is C8H12O2. The lowest BCUT2D eigenvalue weighted by Crippen LogP contribution is -2.17. The van der Waals surface area contributed by atoms with E-state index >= 15 is 0 Å². The highest BCUT2D eigenvalue weighted by atomic mass is 16.4. The van der Waals surface area contributed by atoms with Crippen LogP contribution in [0.1, 0.15) is 25.7 Å². The van der Waals surface area contributed by atoms with E-state index in [1.807, 2.05) is 0 Å². The number of fused-ring (bicyclic) bond motifs is 1. The summed E-state index contributed by atoms with van der Waals surface area (Å²) in [7, 11) is 0. The quantitative estimate of drug-likeness (QED) is 0.599. The van der Waals surface area contributed by atoms with Gasteiger partial charge in [-0.3, -0.25) is 4.79 Å². The van der Waals surface area contributed by atoms with E-state index in [2.05, 4.69) is 0 Å². The number of carboxylic acids is 1. The summed E-state index contributed by atoms with van der Waals surface area (Å²) in [5.74, 6) is 1.11. The molecule has 0 aliphatic heterocycles. The van der Waals surface area contributed by atoms with Crippen molar-refractivity contribution in [3.8, 4) is 0 Å². The number of rotatable bonds is 1. The SMILES string of the molecule is O=C(O)C1CCC2CC2C1. The van der Waals surface area contributed by atoms with Gasteiger partial charge in [0, 0.05) is 0 Å². The van der Waals surface area contributed by atoms with Crippen LogP contribution in [-0.2, 0) is 4.79 Å². The average Bonchev–Trinajstić information content (AvgIpc) is 2.63. The zero-order chi connectivity index (χ0) is 7.14. The monoisotopic (exact) mass is 140 g/mol. The van der Waals surface area contributed by atoms with Gasteiger partial charge >= 0.3 is 5.97 Å². The first-order chi connectivity index (χ1) is 4.77. The van der Waals surface area contributed by atoms with Crippen LogP contribution in [0.3, 0.4) is 0 Å². The first-order valence-electron chi connectivity index (χ1n) is 4.00. The number of hydrogen-bond donors (Lipinski definition) is 1. The number of carboxylic acid groups (broad SMARTS) is 1. The fourth-order valence-electron chi connectivity index (χ4n) is 2.08. The molecule has 1 N–H and O–H groups in total. The Morgan fingerprint density at radius 3 is 2.60 bits per heavy atom. The summed E-state index contributed by atoms with van der Waals surface area (Å²) in [4.78, 5) is 10.5. The highest BCUT2D eigenvalue weighted by Gasteiger charge is 2.43. The summed E-state index contributed by atoms with van der Waals surface area (Å²) < 4.78 is 0. The van der Waals surface area contributed by atoms with Crippen molar-refractivity contribution in [2.75, 3.05) is 0 Å². The van der Waals surface area contributed by atoms with E-state index in [-0.39, 0.29) is 5.92 Å². The molecule has 10 heavy (non-hydrogen) atoms. The van der Waals surface area contributed by atoms with E-state index in [4.69, 9.17) is 5.11 Å². The first-order valence-corrected chi connectivity index (χ1v) is 4.00. The molecule has 2 fully saturated rings. The fourth-order valence-corrected chi connectivity index (χ4v) is 2.08. The molecule has 0 heterocycles. The van der Waals surface area contributed by atoms with Gasteiger partial charge in [0.1, 0.15) is 0 Å². The van der Waals surface area contributed by atoms with E-state index in [9.17, 15) is 4.79 Å². The van der Waals surface area contributed by atoms with Crippen molar-refractivity contribution < 1.29 is 9.90 Å². The van der Waals surface area contributed by atoms with E-state index in [0.29, 0.717) is 0 Å². The molecule has 2 aliphatic carbocycles. The summed E-state index contributed by atoms with van der Waals surface area (Å²) in [5.41, 5.74) is 0. The van der Waals surface area contributed by atoms with Crippen LogP contribution in [0.25, 0.3) is 0 Å². The summed E-state index contributed by atoms with van der Waals surface area (Å²) >= 11 is 0. The van der Waals surface area contributed by atoms with Gasteiger partial charge in [0.05, 0.1) is 5.92 Å². The minimum atomic E-state index is -0.578. The maximum Gasteiger partial charge on any atom is 0.306 e. The molecule has 0 aromatic heterocycles. The zero-order valence-electron chi connectivity index (χ0n) is 5.92. The third-order valence-electron chi connectivity index (χ3n) is 2.89. The number of hydrogen-bond acceptors (Lipinski definition) is 1. The van der Waals surface area contributed by atoms with E-state index < -0.39 is 5.97 Å². The van der Waals surface area contributed by atoms with Crippen LogP contribution in [0, 0.1) is 17.8 Å². The number of aliphatic carboxylic acids is 1. The summed E-state index contributed by atoms with van der Waals surface area (Å²) in [6.07, 6.45) is 4.36. The molecule has 3 atom stereocenters. The molecule has 2 rings (SSSR count). The van der Waals surface area contributed by atoms with Crippen LogP contribution in [0.5, 0.6) is 0 Å². The van der Waals surface area contributed by atoms with Gasteiger partial charge < -0.3 is 5.11 Å². The van der Waals surface area contributed by atoms with E-state index in [0.717, 1.165) is 24.7 Å². The minimum absolute atomic E-state index is 0.0104. The molecule has 0 spiro atoms. The van der Waals surface area contributed by atoms with Crippen LogP contribution in [-0.4, -0.2) is 11.1 Å². The molecule has 56 valence electrons. The molecule has 3 unspecified atom stereocenters. The van der Waals surface area contributed by atoms with Gasteiger partial charge in [-0.15, -0.1) is 0 Å². The largest absolute Gasteiger partial charge is 0.481 e. The van der Waals surface area contributed by atoms with Crippen LogP contribution >= 0.6 is 0 Å². The van der Waals surface area contributed by atoms with Crippen molar-refractivity contribution in [1.82, 2.24) is 0 Å². The van der Waals surface area contributed by atoms with Gasteiger partial charge in [-0.1, -0.05) is 0 Å². The second-order valence-corrected chi connectivity index (χ2v) is 3.60. The van der Waals surface area contributed by atoms with Gasteiger partial charge in [-0.2, -0.15) is 0 Å². The van der Waals surface area contributed by atoms with E-state index in [1.165, 1.54) is 12.8 Å². The lowest BCUT2D eigenvalue weighted by molar-refractivity contribution is -0.142. The third kappa shape index (κ3) is 0.917. The number of carbonyl (C=O) groups is 1. The fraction of sp³-hybridized carbons (Fsp3) is 0.875. The van der Waals surface area contributed by atoms with Crippen molar-refractivity contribution in [2.45, 2.75) is 25.7 Å². The first kappa shape index (κ1) is 6.20. The Morgan fingerprint density at radius 1 is 1.20 bits per heavy atom. The smallest absolute Gasteiger partial charge is 0.306 e. The Hall–Kier alpha value is -0.530. The summed E-state index contributed by atoms with van der Waals surface area (Å²) in [6.45, 7) is 0. The van der Waals surface area contributed by atoms with Gasteiger partial charge in [0.2, 0.25) is 0 Å². The maximum atomic E-state index is 10.5. The summed E-state index contributed by atoms with van der Waals surface area (Å²) in [5, 5.41) is 8.67. The highest BCUT2D eigenvalue weighted by molar-refractivity contribution is 5.70. The van der Waals surface area contributed by atoms with Crippen molar-refractivity contribution in [2.24, 2.45) is 17.8 Å². The molecular weight excluding hydrogens is 128 g/mol. The van der Waals surface area contributed by atoms with Crippen molar-refractivity contribution in [1.29, 1.82) is 0 Å². The molecule has 0 saturated heterocycles. The lowest BCUT2D eigenvalue weighted by Gasteiger charge is -2.15. The normalized spacial score (nSPS) is 44.2. The standard InChI is InChI=1S/C8H12O2/c9-8(10)6-2-1-5-3-7(5)4-6/h5-7H,1-4H2,(H,9,10). The van der Waals surface area contributed by atoms with Crippen molar-refractivity contribution in [3.05, 3.63) is 0 Å². The van der Waals surface area contributed by atoms with Gasteiger partial charge in [0.15, 0.2) is 0 Å². The van der Waals surface area contributed by atoms with Gasteiger partial charge in [0.25, 0.3) is 0 Å².